The summed E-state index contributed by atoms with van der Waals surface area (Å²) in [6.45, 7) is 5.92. The van der Waals surface area contributed by atoms with Crippen molar-refractivity contribution in [3.05, 3.63) is 29.3 Å². The molecule has 0 N–H and O–H groups in total. The Balaban J connectivity index is 2.29. The SMILES string of the molecule is CCC1CN(c2cc(F)c(C#N)c(F)c2)CC1C. The minimum absolute atomic E-state index is 0.502. The van der Waals surface area contributed by atoms with E-state index < -0.39 is 17.2 Å². The van der Waals surface area contributed by atoms with E-state index in [1.165, 1.54) is 12.1 Å². The second kappa shape index (κ2) is 4.93. The lowest BCUT2D eigenvalue weighted by molar-refractivity contribution is 0.440. The van der Waals surface area contributed by atoms with Gasteiger partial charge in [0.1, 0.15) is 23.3 Å². The summed E-state index contributed by atoms with van der Waals surface area (Å²) in [6, 6.07) is 4.05. The number of hydrogen-bond acceptors (Lipinski definition) is 2. The Hall–Kier alpha value is -1.63. The molecule has 1 aromatic carbocycles. The molecule has 0 aromatic heterocycles. The van der Waals surface area contributed by atoms with Crippen LogP contribution in [0.25, 0.3) is 0 Å². The third-order valence-electron chi connectivity index (χ3n) is 3.80. The fourth-order valence-corrected chi connectivity index (χ4v) is 2.63. The highest BCUT2D eigenvalue weighted by Gasteiger charge is 2.29. The van der Waals surface area contributed by atoms with Gasteiger partial charge in [0.15, 0.2) is 0 Å². The van der Waals surface area contributed by atoms with Crippen molar-refractivity contribution in [2.45, 2.75) is 20.3 Å². The molecular formula is C14H16F2N2. The fraction of sp³-hybridized carbons (Fsp3) is 0.500. The number of rotatable bonds is 2. The summed E-state index contributed by atoms with van der Waals surface area (Å²) in [5, 5.41) is 8.63. The molecule has 1 saturated heterocycles. The molecule has 1 fully saturated rings. The van der Waals surface area contributed by atoms with E-state index in [1.54, 1.807) is 6.07 Å². The average molecular weight is 250 g/mol. The van der Waals surface area contributed by atoms with Crippen molar-refractivity contribution >= 4 is 5.69 Å². The molecule has 0 spiro atoms. The van der Waals surface area contributed by atoms with Gasteiger partial charge in [-0.15, -0.1) is 0 Å². The summed E-state index contributed by atoms with van der Waals surface area (Å²) in [6.07, 6.45) is 1.07. The summed E-state index contributed by atoms with van der Waals surface area (Å²) in [4.78, 5) is 1.99. The number of nitriles is 1. The molecular weight excluding hydrogens is 234 g/mol. The van der Waals surface area contributed by atoms with Crippen LogP contribution in [0.4, 0.5) is 14.5 Å². The summed E-state index contributed by atoms with van der Waals surface area (Å²) in [5.74, 6) is -0.469. The molecule has 1 aliphatic rings. The lowest BCUT2D eigenvalue weighted by Crippen LogP contribution is -2.20. The normalized spacial score (nSPS) is 23.2. The van der Waals surface area contributed by atoms with E-state index in [0.717, 1.165) is 19.5 Å². The van der Waals surface area contributed by atoms with Crippen molar-refractivity contribution in [2.24, 2.45) is 11.8 Å². The molecule has 2 atom stereocenters. The second-order valence-electron chi connectivity index (χ2n) is 4.95. The van der Waals surface area contributed by atoms with E-state index in [0.29, 0.717) is 17.5 Å². The number of nitrogens with zero attached hydrogens (tertiary/aromatic N) is 2. The zero-order chi connectivity index (χ0) is 13.3. The van der Waals surface area contributed by atoms with Gasteiger partial charge >= 0.3 is 0 Å². The van der Waals surface area contributed by atoms with Gasteiger partial charge in [0.25, 0.3) is 0 Å². The Morgan fingerprint density at radius 3 is 2.39 bits per heavy atom. The Morgan fingerprint density at radius 2 is 1.94 bits per heavy atom. The van der Waals surface area contributed by atoms with E-state index in [9.17, 15) is 8.78 Å². The van der Waals surface area contributed by atoms with Crippen molar-refractivity contribution < 1.29 is 8.78 Å². The molecule has 1 aliphatic heterocycles. The highest BCUT2D eigenvalue weighted by molar-refractivity contribution is 5.52. The predicted octanol–water partition coefficient (Wildman–Crippen LogP) is 3.32. The van der Waals surface area contributed by atoms with Gasteiger partial charge in [-0.05, 0) is 24.0 Å². The van der Waals surface area contributed by atoms with Gasteiger partial charge in [-0.25, -0.2) is 8.78 Å². The molecule has 0 amide bonds. The Kier molecular flexibility index (Phi) is 3.51. The van der Waals surface area contributed by atoms with Crippen LogP contribution in [0.3, 0.4) is 0 Å². The van der Waals surface area contributed by atoms with Crippen LogP contribution in [0.15, 0.2) is 12.1 Å². The standard InChI is InChI=1S/C14H16F2N2/c1-3-10-8-18(7-9(10)2)11-4-13(15)12(6-17)14(16)5-11/h4-5,9-10H,3,7-8H2,1-2H3. The third-order valence-corrected chi connectivity index (χ3v) is 3.80. The smallest absolute Gasteiger partial charge is 0.146 e. The highest BCUT2D eigenvalue weighted by atomic mass is 19.1. The van der Waals surface area contributed by atoms with E-state index >= 15 is 0 Å². The van der Waals surface area contributed by atoms with Gasteiger partial charge in [0.05, 0.1) is 0 Å². The van der Waals surface area contributed by atoms with Gasteiger partial charge in [-0.2, -0.15) is 5.26 Å². The number of benzene rings is 1. The second-order valence-corrected chi connectivity index (χ2v) is 4.95. The molecule has 0 bridgehead atoms. The summed E-state index contributed by atoms with van der Waals surface area (Å²) >= 11 is 0. The zero-order valence-electron chi connectivity index (χ0n) is 10.6. The monoisotopic (exact) mass is 250 g/mol. The first-order valence-corrected chi connectivity index (χ1v) is 6.20. The van der Waals surface area contributed by atoms with Crippen LogP contribution in [-0.4, -0.2) is 13.1 Å². The largest absolute Gasteiger partial charge is 0.371 e. The van der Waals surface area contributed by atoms with Gasteiger partial charge in [0, 0.05) is 18.8 Å². The molecule has 0 radical (unpaired) electrons. The van der Waals surface area contributed by atoms with E-state index in [1.807, 2.05) is 4.90 Å². The van der Waals surface area contributed by atoms with E-state index in [-0.39, 0.29) is 0 Å². The molecule has 18 heavy (non-hydrogen) atoms. The molecule has 2 unspecified atom stereocenters. The Bertz CT molecular complexity index is 470. The maximum atomic E-state index is 13.6. The van der Waals surface area contributed by atoms with Crippen LogP contribution < -0.4 is 4.90 Å². The topological polar surface area (TPSA) is 27.0 Å². The van der Waals surface area contributed by atoms with E-state index in [4.69, 9.17) is 5.26 Å². The minimum atomic E-state index is -0.778. The van der Waals surface area contributed by atoms with Crippen molar-refractivity contribution in [1.29, 1.82) is 5.26 Å². The fourth-order valence-electron chi connectivity index (χ4n) is 2.63. The van der Waals surface area contributed by atoms with Crippen molar-refractivity contribution in [3.63, 3.8) is 0 Å². The summed E-state index contributed by atoms with van der Waals surface area (Å²) < 4.78 is 27.1. The first-order valence-electron chi connectivity index (χ1n) is 6.20. The molecule has 1 aromatic rings. The predicted molar refractivity (Wildman–Crippen MR) is 66.2 cm³/mol. The van der Waals surface area contributed by atoms with Crippen molar-refractivity contribution in [1.82, 2.24) is 0 Å². The molecule has 0 aliphatic carbocycles. The first-order chi connectivity index (χ1) is 8.56. The summed E-state index contributed by atoms with van der Waals surface area (Å²) in [5.41, 5.74) is 0.0323. The van der Waals surface area contributed by atoms with E-state index in [2.05, 4.69) is 13.8 Å². The molecule has 96 valence electrons. The molecule has 2 rings (SSSR count). The van der Waals surface area contributed by atoms with Gasteiger partial charge in [-0.1, -0.05) is 20.3 Å². The molecule has 4 heteroatoms. The molecule has 1 heterocycles. The van der Waals surface area contributed by atoms with Crippen LogP contribution in [0, 0.1) is 34.8 Å². The number of hydrogen-bond donors (Lipinski definition) is 0. The number of anilines is 1. The van der Waals surface area contributed by atoms with Gasteiger partial charge < -0.3 is 4.90 Å². The molecule has 2 nitrogen and oxygen atoms in total. The third kappa shape index (κ3) is 2.17. The zero-order valence-corrected chi connectivity index (χ0v) is 10.6. The molecule has 0 saturated carbocycles. The lowest BCUT2D eigenvalue weighted by Gasteiger charge is -2.19. The maximum Gasteiger partial charge on any atom is 0.146 e. The van der Waals surface area contributed by atoms with Crippen LogP contribution in [-0.2, 0) is 0 Å². The average Bonchev–Trinajstić information content (AvgIpc) is 2.70. The van der Waals surface area contributed by atoms with Crippen LogP contribution in [0.2, 0.25) is 0 Å². The van der Waals surface area contributed by atoms with Crippen molar-refractivity contribution in [3.8, 4) is 6.07 Å². The quantitative estimate of drug-likeness (QED) is 0.805. The summed E-state index contributed by atoms with van der Waals surface area (Å²) in [7, 11) is 0. The maximum absolute atomic E-state index is 13.6. The van der Waals surface area contributed by atoms with Crippen LogP contribution in [0.5, 0.6) is 0 Å². The van der Waals surface area contributed by atoms with Crippen LogP contribution >= 0.6 is 0 Å². The Labute approximate surface area is 106 Å². The van der Waals surface area contributed by atoms with Crippen molar-refractivity contribution in [2.75, 3.05) is 18.0 Å². The van der Waals surface area contributed by atoms with Gasteiger partial charge in [-0.3, -0.25) is 0 Å². The highest BCUT2D eigenvalue weighted by Crippen LogP contribution is 2.31. The van der Waals surface area contributed by atoms with Gasteiger partial charge in [0.2, 0.25) is 0 Å². The first kappa shape index (κ1) is 12.8. The number of halogens is 2. The Morgan fingerprint density at radius 1 is 1.33 bits per heavy atom. The minimum Gasteiger partial charge on any atom is -0.371 e. The lowest BCUT2D eigenvalue weighted by atomic mass is 9.96. The van der Waals surface area contributed by atoms with Crippen LogP contribution in [0.1, 0.15) is 25.8 Å².